The number of aliphatic hydroxyl groups is 1. The second-order valence-corrected chi connectivity index (χ2v) is 5.83. The van der Waals surface area contributed by atoms with Crippen LogP contribution in [0.5, 0.6) is 0 Å². The van der Waals surface area contributed by atoms with Crippen LogP contribution in [0.4, 0.5) is 0 Å². The zero-order chi connectivity index (χ0) is 17.8. The van der Waals surface area contributed by atoms with E-state index in [2.05, 4.69) is 15.3 Å². The lowest BCUT2D eigenvalue weighted by Crippen LogP contribution is -2.34. The minimum atomic E-state index is -0.207. The second kappa shape index (κ2) is 7.40. The molecule has 0 saturated carbocycles. The van der Waals surface area contributed by atoms with Crippen molar-refractivity contribution in [3.05, 3.63) is 48.0 Å². The molecule has 1 N–H and O–H groups in total. The maximum atomic E-state index is 12.7. The van der Waals surface area contributed by atoms with Gasteiger partial charge in [-0.2, -0.15) is 0 Å². The Bertz CT molecular complexity index is 879. The number of carbonyl (C=O) groups excluding carboxylic acids is 1. The van der Waals surface area contributed by atoms with E-state index in [9.17, 15) is 9.90 Å². The molecule has 3 aromatic rings. The lowest BCUT2D eigenvalue weighted by molar-refractivity contribution is 0.0715. The zero-order valence-electron chi connectivity index (χ0n) is 14.4. The van der Waals surface area contributed by atoms with Gasteiger partial charge in [0.25, 0.3) is 5.91 Å². The van der Waals surface area contributed by atoms with Crippen molar-refractivity contribution in [2.45, 2.75) is 20.3 Å². The van der Waals surface area contributed by atoms with Crippen LogP contribution < -0.4 is 0 Å². The van der Waals surface area contributed by atoms with Crippen LogP contribution in [0.3, 0.4) is 0 Å². The second-order valence-electron chi connectivity index (χ2n) is 5.83. The Hall–Kier alpha value is -2.80. The molecule has 0 fully saturated rings. The molecule has 0 saturated heterocycles. The van der Waals surface area contributed by atoms with Gasteiger partial charge in [-0.15, -0.1) is 5.10 Å². The molecular formula is C18H21N5O2. The molecule has 1 amide bonds. The molecule has 0 atom stereocenters. The third-order valence-corrected chi connectivity index (χ3v) is 4.13. The smallest absolute Gasteiger partial charge is 0.276 e. The normalized spacial score (nSPS) is 11.0. The van der Waals surface area contributed by atoms with Gasteiger partial charge in [0, 0.05) is 36.3 Å². The SMILES string of the molecule is CCCN(CCO)C(=O)c1nnn(-c2cccc3cnccc23)c1C. The van der Waals surface area contributed by atoms with Crippen molar-refractivity contribution in [1.82, 2.24) is 24.9 Å². The molecule has 2 heterocycles. The largest absolute Gasteiger partial charge is 0.395 e. The van der Waals surface area contributed by atoms with Crippen molar-refractivity contribution in [2.75, 3.05) is 19.7 Å². The molecule has 0 aliphatic heterocycles. The highest BCUT2D eigenvalue weighted by Crippen LogP contribution is 2.22. The van der Waals surface area contributed by atoms with E-state index in [1.54, 1.807) is 22.0 Å². The monoisotopic (exact) mass is 339 g/mol. The van der Waals surface area contributed by atoms with Crippen LogP contribution in [0.2, 0.25) is 0 Å². The average Bonchev–Trinajstić information content (AvgIpc) is 3.01. The number of benzene rings is 1. The molecule has 0 bridgehead atoms. The Labute approximate surface area is 145 Å². The summed E-state index contributed by atoms with van der Waals surface area (Å²) in [5.74, 6) is -0.207. The fourth-order valence-corrected chi connectivity index (χ4v) is 2.90. The fraction of sp³-hybridized carbons (Fsp3) is 0.333. The number of fused-ring (bicyclic) bond motifs is 1. The first-order chi connectivity index (χ1) is 12.2. The highest BCUT2D eigenvalue weighted by atomic mass is 16.3. The molecule has 3 rings (SSSR count). The number of hydrogen-bond donors (Lipinski definition) is 1. The molecular weight excluding hydrogens is 318 g/mol. The summed E-state index contributed by atoms with van der Waals surface area (Å²) in [6.45, 7) is 4.61. The third kappa shape index (κ3) is 3.23. The Balaban J connectivity index is 2.02. The summed E-state index contributed by atoms with van der Waals surface area (Å²) < 4.78 is 1.68. The van der Waals surface area contributed by atoms with E-state index < -0.39 is 0 Å². The van der Waals surface area contributed by atoms with Crippen LogP contribution in [0.1, 0.15) is 29.5 Å². The predicted molar refractivity (Wildman–Crippen MR) is 94.7 cm³/mol. The van der Waals surface area contributed by atoms with E-state index in [-0.39, 0.29) is 12.5 Å². The molecule has 0 unspecified atom stereocenters. The molecule has 25 heavy (non-hydrogen) atoms. The van der Waals surface area contributed by atoms with Crippen LogP contribution in [-0.2, 0) is 0 Å². The standard InChI is InChI=1S/C18H21N5O2/c1-3-9-22(10-11-24)18(25)17-13(2)23(21-20-17)16-6-4-5-14-12-19-8-7-15(14)16/h4-8,12,24H,3,9-11H2,1-2H3. The topological polar surface area (TPSA) is 84.1 Å². The van der Waals surface area contributed by atoms with E-state index in [1.807, 2.05) is 38.1 Å². The fourth-order valence-electron chi connectivity index (χ4n) is 2.90. The van der Waals surface area contributed by atoms with Crippen LogP contribution in [-0.4, -0.2) is 55.6 Å². The average molecular weight is 339 g/mol. The molecule has 0 aliphatic carbocycles. The van der Waals surface area contributed by atoms with E-state index in [1.165, 1.54) is 0 Å². The minimum absolute atomic E-state index is 0.0742. The Morgan fingerprint density at radius 3 is 2.88 bits per heavy atom. The molecule has 0 aliphatic rings. The van der Waals surface area contributed by atoms with E-state index >= 15 is 0 Å². The maximum Gasteiger partial charge on any atom is 0.276 e. The molecule has 2 aromatic heterocycles. The lowest BCUT2D eigenvalue weighted by Gasteiger charge is -2.20. The van der Waals surface area contributed by atoms with E-state index in [0.717, 1.165) is 22.9 Å². The molecule has 7 nitrogen and oxygen atoms in total. The first kappa shape index (κ1) is 17.0. The van der Waals surface area contributed by atoms with Crippen molar-refractivity contribution >= 4 is 16.7 Å². The number of aliphatic hydroxyl groups excluding tert-OH is 1. The number of rotatable bonds is 6. The third-order valence-electron chi connectivity index (χ3n) is 4.13. The first-order valence-electron chi connectivity index (χ1n) is 8.33. The van der Waals surface area contributed by atoms with Crippen LogP contribution >= 0.6 is 0 Å². The van der Waals surface area contributed by atoms with Gasteiger partial charge in [0.2, 0.25) is 0 Å². The number of pyridine rings is 1. The first-order valence-corrected chi connectivity index (χ1v) is 8.33. The van der Waals surface area contributed by atoms with Crippen LogP contribution in [0.15, 0.2) is 36.7 Å². The quantitative estimate of drug-likeness (QED) is 0.742. The molecule has 130 valence electrons. The Kier molecular flexibility index (Phi) is 5.04. The van der Waals surface area contributed by atoms with Crippen molar-refractivity contribution in [3.8, 4) is 5.69 Å². The summed E-state index contributed by atoms with van der Waals surface area (Å²) in [5, 5.41) is 19.5. The van der Waals surface area contributed by atoms with Gasteiger partial charge >= 0.3 is 0 Å². The number of carbonyl (C=O) groups is 1. The summed E-state index contributed by atoms with van der Waals surface area (Å²) in [4.78, 5) is 18.5. The number of amides is 1. The van der Waals surface area contributed by atoms with E-state index in [4.69, 9.17) is 0 Å². The highest BCUT2D eigenvalue weighted by Gasteiger charge is 2.22. The molecule has 1 aromatic carbocycles. The van der Waals surface area contributed by atoms with Gasteiger partial charge in [0.1, 0.15) is 0 Å². The summed E-state index contributed by atoms with van der Waals surface area (Å²) in [6.07, 6.45) is 4.34. The van der Waals surface area contributed by atoms with Gasteiger partial charge < -0.3 is 10.0 Å². The van der Waals surface area contributed by atoms with Gasteiger partial charge in [0.15, 0.2) is 5.69 Å². The van der Waals surface area contributed by atoms with Gasteiger partial charge in [0.05, 0.1) is 18.0 Å². The van der Waals surface area contributed by atoms with E-state index in [0.29, 0.717) is 24.5 Å². The Morgan fingerprint density at radius 2 is 2.12 bits per heavy atom. The van der Waals surface area contributed by atoms with Crippen molar-refractivity contribution < 1.29 is 9.90 Å². The molecule has 0 radical (unpaired) electrons. The van der Waals surface area contributed by atoms with Gasteiger partial charge in [-0.1, -0.05) is 24.3 Å². The van der Waals surface area contributed by atoms with Crippen LogP contribution in [0.25, 0.3) is 16.5 Å². The van der Waals surface area contributed by atoms with Gasteiger partial charge in [-0.3, -0.25) is 9.78 Å². The number of aromatic nitrogens is 4. The highest BCUT2D eigenvalue weighted by molar-refractivity contribution is 5.94. The maximum absolute atomic E-state index is 12.7. The molecule has 7 heteroatoms. The summed E-state index contributed by atoms with van der Waals surface area (Å²) in [5.41, 5.74) is 1.84. The number of hydrogen-bond acceptors (Lipinski definition) is 5. The van der Waals surface area contributed by atoms with Crippen molar-refractivity contribution in [1.29, 1.82) is 0 Å². The van der Waals surface area contributed by atoms with Gasteiger partial charge in [-0.05, 0) is 25.5 Å². The van der Waals surface area contributed by atoms with Crippen LogP contribution in [0, 0.1) is 6.92 Å². The predicted octanol–water partition coefficient (Wildman–Crippen LogP) is 1.97. The van der Waals surface area contributed by atoms with Crippen molar-refractivity contribution in [3.63, 3.8) is 0 Å². The molecule has 0 spiro atoms. The summed E-state index contributed by atoms with van der Waals surface area (Å²) in [7, 11) is 0. The minimum Gasteiger partial charge on any atom is -0.395 e. The summed E-state index contributed by atoms with van der Waals surface area (Å²) in [6, 6.07) is 7.77. The zero-order valence-corrected chi connectivity index (χ0v) is 14.4. The van der Waals surface area contributed by atoms with Crippen molar-refractivity contribution in [2.24, 2.45) is 0 Å². The summed E-state index contributed by atoms with van der Waals surface area (Å²) >= 11 is 0. The Morgan fingerprint density at radius 1 is 1.28 bits per heavy atom. The number of nitrogens with zero attached hydrogens (tertiary/aromatic N) is 5. The lowest BCUT2D eigenvalue weighted by atomic mass is 10.1. The van der Waals surface area contributed by atoms with Gasteiger partial charge in [-0.25, -0.2) is 4.68 Å².